The van der Waals surface area contributed by atoms with Gasteiger partial charge in [-0.15, -0.1) is 0 Å². The van der Waals surface area contributed by atoms with Crippen LogP contribution >= 0.6 is 12.2 Å². The van der Waals surface area contributed by atoms with Crippen molar-refractivity contribution in [3.05, 3.63) is 29.8 Å². The Kier molecular flexibility index (Phi) is 4.42. The summed E-state index contributed by atoms with van der Waals surface area (Å²) in [5, 5.41) is 0. The smallest absolute Gasteiger partial charge is 0.253 e. The zero-order valence-corrected chi connectivity index (χ0v) is 11.7. The number of carbonyl (C=O) groups is 1. The summed E-state index contributed by atoms with van der Waals surface area (Å²) < 4.78 is 22.5. The molecule has 0 unspecified atom stereocenters. The van der Waals surface area contributed by atoms with E-state index >= 15 is 0 Å². The van der Waals surface area contributed by atoms with Gasteiger partial charge in [0.15, 0.2) is 9.84 Å². The van der Waals surface area contributed by atoms with Gasteiger partial charge in [-0.3, -0.25) is 4.79 Å². The number of amides is 1. The maximum absolute atomic E-state index is 11.9. The van der Waals surface area contributed by atoms with Crippen LogP contribution in [0.15, 0.2) is 29.2 Å². The van der Waals surface area contributed by atoms with Crippen LogP contribution in [0.2, 0.25) is 0 Å². The second-order valence-corrected chi connectivity index (χ2v) is 6.46. The van der Waals surface area contributed by atoms with Crippen LogP contribution in [0.25, 0.3) is 0 Å². The molecule has 1 rings (SSSR count). The molecule has 0 atom stereocenters. The second-order valence-electron chi connectivity index (χ2n) is 3.92. The molecule has 0 bridgehead atoms. The van der Waals surface area contributed by atoms with Crippen molar-refractivity contribution in [2.45, 2.75) is 4.90 Å². The van der Waals surface area contributed by atoms with E-state index in [1.165, 1.54) is 29.2 Å². The highest BCUT2D eigenvalue weighted by Crippen LogP contribution is 2.11. The molecule has 18 heavy (non-hydrogen) atoms. The molecule has 5 nitrogen and oxygen atoms in total. The molecule has 1 aromatic carbocycles. The molecule has 0 aliphatic rings. The summed E-state index contributed by atoms with van der Waals surface area (Å²) >= 11 is 4.72. The van der Waals surface area contributed by atoms with E-state index in [-0.39, 0.29) is 22.3 Å². The summed E-state index contributed by atoms with van der Waals surface area (Å²) in [5.74, 6) is -0.261. The third kappa shape index (κ3) is 3.78. The Morgan fingerprint density at radius 1 is 1.33 bits per heavy atom. The molecule has 7 heteroatoms. The van der Waals surface area contributed by atoms with Crippen LogP contribution in [-0.2, 0) is 9.84 Å². The zero-order chi connectivity index (χ0) is 13.9. The van der Waals surface area contributed by atoms with Crippen molar-refractivity contribution in [2.75, 3.05) is 19.8 Å². The van der Waals surface area contributed by atoms with Crippen molar-refractivity contribution in [3.63, 3.8) is 0 Å². The monoisotopic (exact) mass is 286 g/mol. The highest BCUT2D eigenvalue weighted by molar-refractivity contribution is 7.90. The molecule has 0 spiro atoms. The molecule has 0 heterocycles. The van der Waals surface area contributed by atoms with E-state index in [1.807, 2.05) is 0 Å². The number of sulfone groups is 1. The summed E-state index contributed by atoms with van der Waals surface area (Å²) in [7, 11) is -1.67. The van der Waals surface area contributed by atoms with E-state index < -0.39 is 9.84 Å². The Morgan fingerprint density at radius 3 is 2.22 bits per heavy atom. The lowest BCUT2D eigenvalue weighted by molar-refractivity contribution is 0.0815. The van der Waals surface area contributed by atoms with Crippen LogP contribution in [0.5, 0.6) is 0 Å². The lowest BCUT2D eigenvalue weighted by atomic mass is 10.2. The van der Waals surface area contributed by atoms with Crippen molar-refractivity contribution in [1.82, 2.24) is 4.90 Å². The fraction of sp³-hybridized carbons (Fsp3) is 0.273. The van der Waals surface area contributed by atoms with Gasteiger partial charge in [0.1, 0.15) is 0 Å². The molecule has 0 aliphatic heterocycles. The van der Waals surface area contributed by atoms with Crippen LogP contribution in [0.3, 0.4) is 0 Å². The first kappa shape index (κ1) is 14.6. The number of nitrogens with two attached hydrogens (primary N) is 1. The third-order valence-electron chi connectivity index (χ3n) is 2.27. The minimum Gasteiger partial charge on any atom is -0.392 e. The first-order valence-electron chi connectivity index (χ1n) is 5.05. The number of benzene rings is 1. The van der Waals surface area contributed by atoms with Gasteiger partial charge in [-0.1, -0.05) is 12.2 Å². The van der Waals surface area contributed by atoms with Crippen molar-refractivity contribution >= 4 is 33.0 Å². The minimum atomic E-state index is -3.25. The Labute approximate surface area is 112 Å². The van der Waals surface area contributed by atoms with E-state index in [1.54, 1.807) is 7.05 Å². The van der Waals surface area contributed by atoms with Crippen molar-refractivity contribution in [3.8, 4) is 0 Å². The molecule has 98 valence electrons. The Bertz CT molecular complexity index is 564. The third-order valence-corrected chi connectivity index (χ3v) is 3.53. The summed E-state index contributed by atoms with van der Waals surface area (Å²) in [4.78, 5) is 13.7. The number of nitrogens with zero attached hydrogens (tertiary/aromatic N) is 1. The molecule has 2 N–H and O–H groups in total. The molecular weight excluding hydrogens is 272 g/mol. The van der Waals surface area contributed by atoms with Gasteiger partial charge in [0.2, 0.25) is 0 Å². The van der Waals surface area contributed by atoms with Gasteiger partial charge in [0, 0.05) is 18.9 Å². The fourth-order valence-electron chi connectivity index (χ4n) is 1.37. The average molecular weight is 286 g/mol. The van der Waals surface area contributed by atoms with Crippen molar-refractivity contribution < 1.29 is 13.2 Å². The van der Waals surface area contributed by atoms with Crippen molar-refractivity contribution in [2.24, 2.45) is 5.73 Å². The van der Waals surface area contributed by atoms with Crippen LogP contribution in [0.4, 0.5) is 0 Å². The highest BCUT2D eigenvalue weighted by Gasteiger charge is 2.13. The molecule has 0 radical (unpaired) electrons. The van der Waals surface area contributed by atoms with E-state index in [9.17, 15) is 13.2 Å². The largest absolute Gasteiger partial charge is 0.392 e. The lowest BCUT2D eigenvalue weighted by Gasteiger charge is -2.16. The Hall–Kier alpha value is -1.47. The summed E-state index contributed by atoms with van der Waals surface area (Å²) in [6, 6.07) is 5.73. The number of thiocarbonyl (C=S) groups is 1. The molecular formula is C11H14N2O3S2. The number of likely N-dealkylation sites (N-methyl/N-ethyl adjacent to an activating group) is 1. The molecule has 1 aromatic rings. The molecule has 0 aliphatic carbocycles. The molecule has 0 saturated heterocycles. The Balaban J connectivity index is 2.92. The maximum Gasteiger partial charge on any atom is 0.253 e. The summed E-state index contributed by atoms with van der Waals surface area (Å²) in [6.45, 7) is 0.183. The van der Waals surface area contributed by atoms with Crippen LogP contribution < -0.4 is 5.73 Å². The number of hydrogen-bond acceptors (Lipinski definition) is 4. The zero-order valence-electron chi connectivity index (χ0n) is 10.1. The highest BCUT2D eigenvalue weighted by atomic mass is 32.2. The molecule has 0 saturated carbocycles. The molecule has 1 amide bonds. The predicted molar refractivity (Wildman–Crippen MR) is 73.3 cm³/mol. The topological polar surface area (TPSA) is 80.5 Å². The van der Waals surface area contributed by atoms with Gasteiger partial charge in [0.05, 0.1) is 16.4 Å². The van der Waals surface area contributed by atoms with Gasteiger partial charge in [0.25, 0.3) is 5.91 Å². The maximum atomic E-state index is 11.9. The Morgan fingerprint density at radius 2 is 1.83 bits per heavy atom. The first-order chi connectivity index (χ1) is 8.21. The minimum absolute atomic E-state index is 0.177. The lowest BCUT2D eigenvalue weighted by Crippen LogP contribution is -2.34. The van der Waals surface area contributed by atoms with E-state index in [4.69, 9.17) is 18.0 Å². The van der Waals surface area contributed by atoms with Gasteiger partial charge in [-0.05, 0) is 24.3 Å². The molecule has 0 fully saturated rings. The van der Waals surface area contributed by atoms with Gasteiger partial charge >= 0.3 is 0 Å². The molecule has 0 aromatic heterocycles. The predicted octanol–water partition coefficient (Wildman–Crippen LogP) is 0.448. The SMILES string of the molecule is CN(CC(N)=S)C(=O)c1ccc(S(C)(=O)=O)cc1. The van der Waals surface area contributed by atoms with Gasteiger partial charge in [-0.2, -0.15) is 0 Å². The normalized spacial score (nSPS) is 11.0. The summed E-state index contributed by atoms with van der Waals surface area (Å²) in [5.41, 5.74) is 5.74. The van der Waals surface area contributed by atoms with Gasteiger partial charge < -0.3 is 10.6 Å². The van der Waals surface area contributed by atoms with E-state index in [0.29, 0.717) is 5.56 Å². The average Bonchev–Trinajstić information content (AvgIpc) is 2.26. The quantitative estimate of drug-likeness (QED) is 0.813. The number of hydrogen-bond donors (Lipinski definition) is 1. The van der Waals surface area contributed by atoms with Crippen LogP contribution in [0, 0.1) is 0 Å². The van der Waals surface area contributed by atoms with Crippen molar-refractivity contribution in [1.29, 1.82) is 0 Å². The fourth-order valence-corrected chi connectivity index (χ4v) is 2.19. The van der Waals surface area contributed by atoms with Gasteiger partial charge in [-0.25, -0.2) is 8.42 Å². The standard InChI is InChI=1S/C11H14N2O3S2/c1-13(7-10(12)17)11(14)8-3-5-9(6-4-8)18(2,15)16/h3-6H,7H2,1-2H3,(H2,12,17). The van der Waals surface area contributed by atoms with E-state index in [0.717, 1.165) is 6.26 Å². The van der Waals surface area contributed by atoms with Crippen LogP contribution in [0.1, 0.15) is 10.4 Å². The van der Waals surface area contributed by atoms with Crippen LogP contribution in [-0.4, -0.2) is 44.1 Å². The second kappa shape index (κ2) is 5.45. The number of carbonyl (C=O) groups excluding carboxylic acids is 1. The van der Waals surface area contributed by atoms with E-state index in [2.05, 4.69) is 0 Å². The first-order valence-corrected chi connectivity index (χ1v) is 7.35. The summed E-state index contributed by atoms with van der Waals surface area (Å²) in [6.07, 6.45) is 1.11. The number of rotatable bonds is 4.